The number of nitrogens with one attached hydrogen (secondary N) is 1. The van der Waals surface area contributed by atoms with Crippen LogP contribution in [0.4, 0.5) is 5.69 Å². The zero-order chi connectivity index (χ0) is 21.0. The summed E-state index contributed by atoms with van der Waals surface area (Å²) in [5.41, 5.74) is 1.85. The van der Waals surface area contributed by atoms with Crippen LogP contribution in [0.1, 0.15) is 28.4 Å². The number of pyridine rings is 1. The third kappa shape index (κ3) is 4.25. The fourth-order valence-corrected chi connectivity index (χ4v) is 4.28. The summed E-state index contributed by atoms with van der Waals surface area (Å²) in [5, 5.41) is 18.4. The number of sulfonamides is 1. The van der Waals surface area contributed by atoms with E-state index < -0.39 is 16.0 Å². The first-order valence-corrected chi connectivity index (χ1v) is 10.2. The van der Waals surface area contributed by atoms with Crippen molar-refractivity contribution in [3.8, 4) is 17.3 Å². The third-order valence-electron chi connectivity index (χ3n) is 4.32. The molecule has 0 aliphatic heterocycles. The number of nitriles is 1. The van der Waals surface area contributed by atoms with E-state index in [9.17, 15) is 23.6 Å². The van der Waals surface area contributed by atoms with Crippen LogP contribution in [0.5, 0.6) is 0 Å². The summed E-state index contributed by atoms with van der Waals surface area (Å²) in [7, 11) is -4.12. The molecule has 2 N–H and O–H groups in total. The molecule has 1 aromatic heterocycles. The minimum absolute atomic E-state index is 0.116. The first-order valence-electron chi connectivity index (χ1n) is 8.70. The van der Waals surface area contributed by atoms with Crippen molar-refractivity contribution in [2.75, 3.05) is 4.72 Å². The lowest BCUT2D eigenvalue weighted by atomic mass is 10.1. The van der Waals surface area contributed by atoms with Gasteiger partial charge in [-0.3, -0.25) is 9.71 Å². The highest BCUT2D eigenvalue weighted by Crippen LogP contribution is 2.30. The summed E-state index contributed by atoms with van der Waals surface area (Å²) in [5.74, 6) is -1.22. The highest BCUT2D eigenvalue weighted by molar-refractivity contribution is 7.92. The Kier molecular flexibility index (Phi) is 5.61. The van der Waals surface area contributed by atoms with E-state index in [2.05, 4.69) is 9.71 Å². The molecular formula is C21H17N3O4S. The maximum absolute atomic E-state index is 13.1. The second kappa shape index (κ2) is 8.12. The molecule has 0 aliphatic carbocycles. The molecule has 0 radical (unpaired) electrons. The van der Waals surface area contributed by atoms with Crippen LogP contribution in [0.3, 0.4) is 0 Å². The lowest BCUT2D eigenvalue weighted by Gasteiger charge is -2.15. The quantitative estimate of drug-likeness (QED) is 0.643. The van der Waals surface area contributed by atoms with E-state index >= 15 is 0 Å². The molecule has 8 heteroatoms. The zero-order valence-electron chi connectivity index (χ0n) is 15.5. The molecule has 29 heavy (non-hydrogen) atoms. The standard InChI is InChI=1S/C21H17N3O4S/c1-2-15-7-8-16(21(25)26)12-20(15)29(27,28)24-19-11-14(13-22)6-9-17(19)18-5-3-4-10-23-18/h3-12,24H,2H2,1H3,(H,25,26). The van der Waals surface area contributed by atoms with Crippen LogP contribution < -0.4 is 4.72 Å². The van der Waals surface area contributed by atoms with Gasteiger partial charge < -0.3 is 5.11 Å². The molecule has 0 unspecified atom stereocenters. The molecule has 0 amide bonds. The van der Waals surface area contributed by atoms with E-state index in [0.717, 1.165) is 6.07 Å². The number of anilines is 1. The average molecular weight is 407 g/mol. The second-order valence-corrected chi connectivity index (χ2v) is 7.82. The van der Waals surface area contributed by atoms with E-state index in [-0.39, 0.29) is 21.7 Å². The Bertz CT molecular complexity index is 1220. The Morgan fingerprint density at radius 1 is 1.17 bits per heavy atom. The molecule has 2 aromatic carbocycles. The largest absolute Gasteiger partial charge is 0.478 e. The molecule has 0 atom stereocenters. The smallest absolute Gasteiger partial charge is 0.335 e. The molecule has 3 rings (SSSR count). The van der Waals surface area contributed by atoms with E-state index in [1.165, 1.54) is 18.2 Å². The fourth-order valence-electron chi connectivity index (χ4n) is 2.87. The van der Waals surface area contributed by atoms with Crippen LogP contribution in [-0.2, 0) is 16.4 Å². The highest BCUT2D eigenvalue weighted by atomic mass is 32.2. The fraction of sp³-hybridized carbons (Fsp3) is 0.0952. The Balaban J connectivity index is 2.13. The number of hydrogen-bond donors (Lipinski definition) is 2. The predicted molar refractivity (Wildman–Crippen MR) is 108 cm³/mol. The Hall–Kier alpha value is -3.70. The number of rotatable bonds is 6. The molecule has 7 nitrogen and oxygen atoms in total. The van der Waals surface area contributed by atoms with Gasteiger partial charge in [0.05, 0.1) is 33.5 Å². The van der Waals surface area contributed by atoms with Gasteiger partial charge in [0.1, 0.15) is 0 Å². The summed E-state index contributed by atoms with van der Waals surface area (Å²) >= 11 is 0. The zero-order valence-corrected chi connectivity index (χ0v) is 16.3. The molecule has 1 heterocycles. The third-order valence-corrected chi connectivity index (χ3v) is 5.77. The van der Waals surface area contributed by atoms with Crippen molar-refractivity contribution in [2.45, 2.75) is 18.2 Å². The van der Waals surface area contributed by atoms with Crippen molar-refractivity contribution in [3.63, 3.8) is 0 Å². The number of aromatic nitrogens is 1. The first-order chi connectivity index (χ1) is 13.9. The summed E-state index contributed by atoms with van der Waals surface area (Å²) < 4.78 is 28.8. The minimum atomic E-state index is -4.12. The molecule has 0 spiro atoms. The number of hydrogen-bond acceptors (Lipinski definition) is 5. The van der Waals surface area contributed by atoms with Gasteiger partial charge in [0.15, 0.2) is 0 Å². The van der Waals surface area contributed by atoms with E-state index in [1.807, 2.05) is 6.07 Å². The topological polar surface area (TPSA) is 120 Å². The number of aromatic carboxylic acids is 1. The summed E-state index contributed by atoms with van der Waals surface area (Å²) in [6, 6.07) is 15.8. The number of nitrogens with zero attached hydrogens (tertiary/aromatic N) is 2. The number of aryl methyl sites for hydroxylation is 1. The molecule has 0 fully saturated rings. The molecule has 3 aromatic rings. The molecule has 146 valence electrons. The lowest BCUT2D eigenvalue weighted by molar-refractivity contribution is 0.0696. The van der Waals surface area contributed by atoms with Crippen LogP contribution in [0.15, 0.2) is 65.7 Å². The molecule has 0 bridgehead atoms. The van der Waals surface area contributed by atoms with Gasteiger partial charge in [-0.05, 0) is 54.4 Å². The van der Waals surface area contributed by atoms with Gasteiger partial charge in [0, 0.05) is 11.8 Å². The van der Waals surface area contributed by atoms with E-state index in [4.69, 9.17) is 0 Å². The van der Waals surface area contributed by atoms with E-state index in [1.54, 1.807) is 43.5 Å². The number of carboxylic acid groups (broad SMARTS) is 1. The number of carbonyl (C=O) groups is 1. The van der Waals surface area contributed by atoms with Crippen LogP contribution in [-0.4, -0.2) is 24.5 Å². The summed E-state index contributed by atoms with van der Waals surface area (Å²) in [6.45, 7) is 1.78. The SMILES string of the molecule is CCc1ccc(C(=O)O)cc1S(=O)(=O)Nc1cc(C#N)ccc1-c1ccccn1. The molecular weight excluding hydrogens is 390 g/mol. The van der Waals surface area contributed by atoms with Gasteiger partial charge in [0.2, 0.25) is 0 Å². The van der Waals surface area contributed by atoms with Crippen molar-refractivity contribution in [1.82, 2.24) is 4.98 Å². The highest BCUT2D eigenvalue weighted by Gasteiger charge is 2.22. The normalized spacial score (nSPS) is 10.9. The molecule has 0 saturated heterocycles. The maximum Gasteiger partial charge on any atom is 0.335 e. The Morgan fingerprint density at radius 3 is 2.59 bits per heavy atom. The second-order valence-electron chi connectivity index (χ2n) is 6.17. The van der Waals surface area contributed by atoms with Gasteiger partial charge in [0.25, 0.3) is 10.0 Å². The summed E-state index contributed by atoms with van der Waals surface area (Å²) in [6.07, 6.45) is 1.98. The lowest BCUT2D eigenvalue weighted by Crippen LogP contribution is -2.16. The number of benzene rings is 2. The van der Waals surface area contributed by atoms with Crippen molar-refractivity contribution >= 4 is 21.7 Å². The number of carboxylic acids is 1. The molecule has 0 aliphatic rings. The van der Waals surface area contributed by atoms with E-state index in [0.29, 0.717) is 23.2 Å². The van der Waals surface area contributed by atoms with Crippen molar-refractivity contribution < 1.29 is 18.3 Å². The Morgan fingerprint density at radius 2 is 1.97 bits per heavy atom. The van der Waals surface area contributed by atoms with Crippen LogP contribution in [0.25, 0.3) is 11.3 Å². The van der Waals surface area contributed by atoms with Gasteiger partial charge in [-0.15, -0.1) is 0 Å². The van der Waals surface area contributed by atoms with Crippen molar-refractivity contribution in [2.24, 2.45) is 0 Å². The van der Waals surface area contributed by atoms with Gasteiger partial charge in [-0.1, -0.05) is 19.1 Å². The maximum atomic E-state index is 13.1. The van der Waals surface area contributed by atoms with Crippen LogP contribution in [0, 0.1) is 11.3 Å². The van der Waals surface area contributed by atoms with Crippen LogP contribution in [0.2, 0.25) is 0 Å². The van der Waals surface area contributed by atoms with Crippen molar-refractivity contribution in [3.05, 3.63) is 77.5 Å². The monoisotopic (exact) mass is 407 g/mol. The van der Waals surface area contributed by atoms with Gasteiger partial charge in [-0.25, -0.2) is 13.2 Å². The summed E-state index contributed by atoms with van der Waals surface area (Å²) in [4.78, 5) is 15.4. The van der Waals surface area contributed by atoms with Crippen LogP contribution >= 0.6 is 0 Å². The van der Waals surface area contributed by atoms with Gasteiger partial charge >= 0.3 is 5.97 Å². The first kappa shape index (κ1) is 20.0. The molecule has 0 saturated carbocycles. The predicted octanol–water partition coefficient (Wildman–Crippen LogP) is 3.68. The minimum Gasteiger partial charge on any atom is -0.478 e. The van der Waals surface area contributed by atoms with Gasteiger partial charge in [-0.2, -0.15) is 5.26 Å². The Labute approximate surface area is 168 Å². The average Bonchev–Trinajstić information content (AvgIpc) is 2.73. The van der Waals surface area contributed by atoms with Crippen molar-refractivity contribution in [1.29, 1.82) is 5.26 Å².